The van der Waals surface area contributed by atoms with E-state index in [-0.39, 0.29) is 12.6 Å². The minimum absolute atomic E-state index is 0.219. The molecule has 0 aliphatic carbocycles. The van der Waals surface area contributed by atoms with Gasteiger partial charge in [0.25, 0.3) is 0 Å². The third-order valence-corrected chi connectivity index (χ3v) is 2.90. The molecule has 0 saturated carbocycles. The number of nitrogens with zero attached hydrogens (tertiary/aromatic N) is 1. The normalized spacial score (nSPS) is 25.4. The highest BCUT2D eigenvalue weighted by atomic mass is 16.5. The highest BCUT2D eigenvalue weighted by Crippen LogP contribution is 2.15. The Kier molecular flexibility index (Phi) is 4.70. The zero-order chi connectivity index (χ0) is 9.68. The second-order valence-electron chi connectivity index (χ2n) is 3.62. The number of hydrogen-bond donors (Lipinski definition) is 1. The van der Waals surface area contributed by atoms with E-state index in [1.807, 2.05) is 0 Å². The Morgan fingerprint density at radius 1 is 1.46 bits per heavy atom. The first-order valence-electron chi connectivity index (χ1n) is 5.27. The molecule has 0 unspecified atom stereocenters. The van der Waals surface area contributed by atoms with E-state index in [0.29, 0.717) is 12.6 Å². The van der Waals surface area contributed by atoms with Gasteiger partial charge in [-0.25, -0.2) is 0 Å². The summed E-state index contributed by atoms with van der Waals surface area (Å²) in [5, 5.41) is 9.18. The Balaban J connectivity index is 2.51. The highest BCUT2D eigenvalue weighted by Gasteiger charge is 2.26. The fourth-order valence-corrected chi connectivity index (χ4v) is 2.06. The molecule has 1 saturated heterocycles. The van der Waals surface area contributed by atoms with Crippen LogP contribution in [0.4, 0.5) is 0 Å². The van der Waals surface area contributed by atoms with Crippen molar-refractivity contribution < 1.29 is 9.84 Å². The van der Waals surface area contributed by atoms with Crippen molar-refractivity contribution >= 4 is 0 Å². The van der Waals surface area contributed by atoms with Gasteiger partial charge in [-0.3, -0.25) is 4.90 Å². The van der Waals surface area contributed by atoms with E-state index in [1.54, 1.807) is 0 Å². The molecule has 1 heterocycles. The number of aliphatic hydroxyl groups is 1. The zero-order valence-electron chi connectivity index (χ0n) is 8.70. The molecule has 1 rings (SSSR count). The molecule has 1 aliphatic heterocycles. The van der Waals surface area contributed by atoms with E-state index in [1.165, 1.54) is 0 Å². The first kappa shape index (κ1) is 11.0. The van der Waals surface area contributed by atoms with Gasteiger partial charge in [0.15, 0.2) is 0 Å². The number of hydrogen-bond acceptors (Lipinski definition) is 3. The standard InChI is InChI=1S/C10H21NO2/c1-3-9(4-2)11-5-6-13-8-10(11)7-12/h9-10,12H,3-8H2,1-2H3/t10-/m0/s1. The van der Waals surface area contributed by atoms with Crippen molar-refractivity contribution in [3.05, 3.63) is 0 Å². The van der Waals surface area contributed by atoms with E-state index >= 15 is 0 Å². The summed E-state index contributed by atoms with van der Waals surface area (Å²) in [6.07, 6.45) is 2.32. The van der Waals surface area contributed by atoms with Crippen LogP contribution in [0.5, 0.6) is 0 Å². The summed E-state index contributed by atoms with van der Waals surface area (Å²) in [6, 6.07) is 0.833. The lowest BCUT2D eigenvalue weighted by atomic mass is 10.1. The van der Waals surface area contributed by atoms with E-state index in [9.17, 15) is 5.11 Å². The van der Waals surface area contributed by atoms with E-state index in [0.717, 1.165) is 26.0 Å². The lowest BCUT2D eigenvalue weighted by Gasteiger charge is -2.39. The Hall–Kier alpha value is -0.120. The van der Waals surface area contributed by atoms with E-state index < -0.39 is 0 Å². The van der Waals surface area contributed by atoms with Crippen molar-refractivity contribution in [2.75, 3.05) is 26.4 Å². The van der Waals surface area contributed by atoms with Crippen molar-refractivity contribution in [1.29, 1.82) is 0 Å². The zero-order valence-corrected chi connectivity index (χ0v) is 8.70. The minimum Gasteiger partial charge on any atom is -0.395 e. The quantitative estimate of drug-likeness (QED) is 0.709. The number of ether oxygens (including phenoxy) is 1. The summed E-state index contributed by atoms with van der Waals surface area (Å²) >= 11 is 0. The third-order valence-electron chi connectivity index (χ3n) is 2.90. The van der Waals surface area contributed by atoms with Gasteiger partial charge in [0.1, 0.15) is 0 Å². The summed E-state index contributed by atoms with van der Waals surface area (Å²) in [7, 11) is 0. The van der Waals surface area contributed by atoms with Gasteiger partial charge in [-0.15, -0.1) is 0 Å². The van der Waals surface area contributed by atoms with Crippen molar-refractivity contribution in [2.24, 2.45) is 0 Å². The maximum absolute atomic E-state index is 9.18. The van der Waals surface area contributed by atoms with Crippen molar-refractivity contribution in [3.8, 4) is 0 Å². The summed E-state index contributed by atoms with van der Waals surface area (Å²) < 4.78 is 5.34. The SMILES string of the molecule is CCC(CC)N1CCOC[C@@H]1CO. The maximum atomic E-state index is 9.18. The number of morpholine rings is 1. The van der Waals surface area contributed by atoms with Crippen LogP contribution in [-0.4, -0.2) is 48.5 Å². The van der Waals surface area contributed by atoms with Gasteiger partial charge in [-0.05, 0) is 12.8 Å². The van der Waals surface area contributed by atoms with Gasteiger partial charge >= 0.3 is 0 Å². The van der Waals surface area contributed by atoms with Gasteiger partial charge < -0.3 is 9.84 Å². The highest BCUT2D eigenvalue weighted by molar-refractivity contribution is 4.80. The van der Waals surface area contributed by atoms with Crippen molar-refractivity contribution in [1.82, 2.24) is 4.90 Å². The number of rotatable bonds is 4. The van der Waals surface area contributed by atoms with Crippen LogP contribution in [0.25, 0.3) is 0 Å². The van der Waals surface area contributed by atoms with Gasteiger partial charge in [-0.2, -0.15) is 0 Å². The molecule has 13 heavy (non-hydrogen) atoms. The summed E-state index contributed by atoms with van der Waals surface area (Å²) in [6.45, 7) is 7.10. The van der Waals surface area contributed by atoms with Crippen LogP contribution in [0.1, 0.15) is 26.7 Å². The Morgan fingerprint density at radius 3 is 2.69 bits per heavy atom. The van der Waals surface area contributed by atoms with Crippen molar-refractivity contribution in [3.63, 3.8) is 0 Å². The number of aliphatic hydroxyl groups excluding tert-OH is 1. The van der Waals surface area contributed by atoms with Crippen molar-refractivity contribution in [2.45, 2.75) is 38.8 Å². The molecule has 0 aromatic heterocycles. The van der Waals surface area contributed by atoms with E-state index in [4.69, 9.17) is 4.74 Å². The Morgan fingerprint density at radius 2 is 2.15 bits per heavy atom. The second kappa shape index (κ2) is 5.58. The molecule has 0 amide bonds. The third kappa shape index (κ3) is 2.66. The molecule has 0 aromatic rings. The van der Waals surface area contributed by atoms with Gasteiger partial charge in [0.2, 0.25) is 0 Å². The molecule has 0 bridgehead atoms. The second-order valence-corrected chi connectivity index (χ2v) is 3.62. The monoisotopic (exact) mass is 187 g/mol. The maximum Gasteiger partial charge on any atom is 0.0644 e. The molecule has 1 fully saturated rings. The average molecular weight is 187 g/mol. The van der Waals surface area contributed by atoms with Gasteiger partial charge in [-0.1, -0.05) is 13.8 Å². The first-order chi connectivity index (χ1) is 6.33. The van der Waals surface area contributed by atoms with Crippen LogP contribution in [0.3, 0.4) is 0 Å². The average Bonchev–Trinajstić information content (AvgIpc) is 2.20. The molecule has 78 valence electrons. The molecule has 0 aromatic carbocycles. The summed E-state index contributed by atoms with van der Waals surface area (Å²) in [5.41, 5.74) is 0. The summed E-state index contributed by atoms with van der Waals surface area (Å²) in [4.78, 5) is 2.39. The fraction of sp³-hybridized carbons (Fsp3) is 1.00. The van der Waals surface area contributed by atoms with Crippen LogP contribution in [-0.2, 0) is 4.74 Å². The molecule has 0 spiro atoms. The van der Waals surface area contributed by atoms with Crippen LogP contribution in [0.2, 0.25) is 0 Å². The predicted octanol–water partition coefficient (Wildman–Crippen LogP) is 0.868. The molecule has 1 aliphatic rings. The van der Waals surface area contributed by atoms with Gasteiger partial charge in [0.05, 0.1) is 25.9 Å². The van der Waals surface area contributed by atoms with Crippen LogP contribution in [0, 0.1) is 0 Å². The van der Waals surface area contributed by atoms with E-state index in [2.05, 4.69) is 18.7 Å². The Bertz CT molecular complexity index is 129. The largest absolute Gasteiger partial charge is 0.395 e. The van der Waals surface area contributed by atoms with Crippen LogP contribution < -0.4 is 0 Å². The molecule has 3 heteroatoms. The molecular formula is C10H21NO2. The topological polar surface area (TPSA) is 32.7 Å². The molecule has 1 N–H and O–H groups in total. The fourth-order valence-electron chi connectivity index (χ4n) is 2.06. The molecule has 3 nitrogen and oxygen atoms in total. The smallest absolute Gasteiger partial charge is 0.0644 e. The van der Waals surface area contributed by atoms with Crippen LogP contribution >= 0.6 is 0 Å². The lowest BCUT2D eigenvalue weighted by Crippen LogP contribution is -2.52. The van der Waals surface area contributed by atoms with Crippen LogP contribution in [0.15, 0.2) is 0 Å². The van der Waals surface area contributed by atoms with Gasteiger partial charge in [0, 0.05) is 12.6 Å². The molecule has 0 radical (unpaired) electrons. The Labute approximate surface area is 80.7 Å². The summed E-state index contributed by atoms with van der Waals surface area (Å²) in [5.74, 6) is 0. The molecular weight excluding hydrogens is 166 g/mol. The minimum atomic E-state index is 0.219. The predicted molar refractivity (Wildman–Crippen MR) is 52.8 cm³/mol. The first-order valence-corrected chi connectivity index (χ1v) is 5.27. The lowest BCUT2D eigenvalue weighted by molar-refractivity contribution is -0.0484. The molecule has 1 atom stereocenters.